The van der Waals surface area contributed by atoms with E-state index in [2.05, 4.69) is 0 Å². The van der Waals surface area contributed by atoms with Gasteiger partial charge in [-0.05, 0) is 26.0 Å². The van der Waals surface area contributed by atoms with E-state index in [4.69, 9.17) is 18.0 Å². The molecule has 0 amide bonds. The molecular weight excluding hydrogens is 392 g/mol. The van der Waals surface area contributed by atoms with Gasteiger partial charge in [-0.3, -0.25) is 4.79 Å². The molecule has 30 heavy (non-hydrogen) atoms. The van der Waals surface area contributed by atoms with Gasteiger partial charge in [-0.25, -0.2) is 9.59 Å². The first-order valence-electron chi connectivity index (χ1n) is 9.07. The van der Waals surface area contributed by atoms with Gasteiger partial charge in [-0.15, -0.1) is 0 Å². The van der Waals surface area contributed by atoms with Crippen molar-refractivity contribution in [3.63, 3.8) is 0 Å². The number of ether oxygens (including phenoxy) is 1. The van der Waals surface area contributed by atoms with Crippen LogP contribution >= 0.6 is 0 Å². The summed E-state index contributed by atoms with van der Waals surface area (Å²) < 4.78 is 22.0. The molecule has 0 aliphatic carbocycles. The number of para-hydroxylation sites is 1. The third-order valence-corrected chi connectivity index (χ3v) is 5.02. The summed E-state index contributed by atoms with van der Waals surface area (Å²) in [6.45, 7) is 3.07. The summed E-state index contributed by atoms with van der Waals surface area (Å²) in [5, 5.41) is 11.0. The van der Waals surface area contributed by atoms with E-state index in [1.807, 2.05) is 0 Å². The van der Waals surface area contributed by atoms with Crippen LogP contribution in [0.5, 0.6) is 17.4 Å². The molecule has 8 heteroatoms. The summed E-state index contributed by atoms with van der Waals surface area (Å²) in [5.74, 6) is -1.32. The molecule has 0 bridgehead atoms. The number of aromatic hydroxyl groups is 1. The molecule has 4 aromatic rings. The molecule has 0 radical (unpaired) electrons. The first kappa shape index (κ1) is 18.0. The number of aryl methyl sites for hydroxylation is 2. The molecule has 8 nitrogen and oxygen atoms in total. The Morgan fingerprint density at radius 1 is 0.833 bits per heavy atom. The zero-order valence-corrected chi connectivity index (χ0v) is 15.8. The van der Waals surface area contributed by atoms with Crippen molar-refractivity contribution < 1.29 is 23.1 Å². The Balaban J connectivity index is 1.97. The van der Waals surface area contributed by atoms with Crippen molar-refractivity contribution in [1.29, 1.82) is 0 Å². The van der Waals surface area contributed by atoms with Crippen LogP contribution in [0.25, 0.3) is 11.0 Å². The maximum Gasteiger partial charge on any atom is 0.344 e. The third kappa shape index (κ3) is 2.50. The van der Waals surface area contributed by atoms with Gasteiger partial charge in [-0.2, -0.15) is 0 Å². The highest BCUT2D eigenvalue weighted by molar-refractivity contribution is 5.86. The van der Waals surface area contributed by atoms with Crippen LogP contribution in [0.3, 0.4) is 0 Å². The minimum Gasteiger partial charge on any atom is -0.507 e. The highest BCUT2D eigenvalue weighted by Gasteiger charge is 2.40. The van der Waals surface area contributed by atoms with Crippen molar-refractivity contribution in [2.24, 2.45) is 0 Å². The first-order chi connectivity index (χ1) is 14.3. The highest BCUT2D eigenvalue weighted by Crippen LogP contribution is 2.48. The lowest BCUT2D eigenvalue weighted by molar-refractivity contribution is 0.304. The van der Waals surface area contributed by atoms with Gasteiger partial charge < -0.3 is 23.1 Å². The molecule has 1 atom stereocenters. The second-order valence-electron chi connectivity index (χ2n) is 7.03. The molecule has 0 spiro atoms. The van der Waals surface area contributed by atoms with Gasteiger partial charge in [0.2, 0.25) is 0 Å². The summed E-state index contributed by atoms with van der Waals surface area (Å²) in [4.78, 5) is 38.5. The Morgan fingerprint density at radius 3 is 2.30 bits per heavy atom. The van der Waals surface area contributed by atoms with E-state index in [1.165, 1.54) is 19.1 Å². The Bertz CT molecular complexity index is 1490. The van der Waals surface area contributed by atoms with Crippen molar-refractivity contribution >= 4 is 11.0 Å². The van der Waals surface area contributed by atoms with Gasteiger partial charge in [0.25, 0.3) is 5.95 Å². The largest absolute Gasteiger partial charge is 0.507 e. The van der Waals surface area contributed by atoms with Crippen LogP contribution in [0.2, 0.25) is 0 Å². The Kier molecular flexibility index (Phi) is 3.73. The molecular formula is C22H14O8. The first-order valence-corrected chi connectivity index (χ1v) is 9.07. The van der Waals surface area contributed by atoms with Crippen molar-refractivity contribution in [2.45, 2.75) is 19.8 Å². The summed E-state index contributed by atoms with van der Waals surface area (Å²) >= 11 is 0. The molecule has 0 saturated carbocycles. The smallest absolute Gasteiger partial charge is 0.344 e. The van der Waals surface area contributed by atoms with E-state index in [9.17, 15) is 19.5 Å². The van der Waals surface area contributed by atoms with Gasteiger partial charge in [0.05, 0.1) is 28.0 Å². The molecule has 1 aliphatic heterocycles. The lowest BCUT2D eigenvalue weighted by Crippen LogP contribution is -2.29. The van der Waals surface area contributed by atoms with Crippen LogP contribution in [0, 0.1) is 13.8 Å². The second kappa shape index (κ2) is 6.21. The molecule has 0 fully saturated rings. The molecule has 150 valence electrons. The zero-order chi connectivity index (χ0) is 21.2. The molecule has 3 aromatic heterocycles. The summed E-state index contributed by atoms with van der Waals surface area (Å²) in [5.41, 5.74) is -2.41. The van der Waals surface area contributed by atoms with Crippen molar-refractivity contribution in [1.82, 2.24) is 0 Å². The van der Waals surface area contributed by atoms with Crippen molar-refractivity contribution in [3.05, 3.63) is 95.7 Å². The fourth-order valence-corrected chi connectivity index (χ4v) is 3.82. The van der Waals surface area contributed by atoms with Crippen LogP contribution in [-0.4, -0.2) is 5.11 Å². The SMILES string of the molecule is Cc1cc(=O)c2c(o1)Oc1c(c(=O)oc3ccccc13)C2c1c(O)cc(C)oc1=O. The minimum absolute atomic E-state index is 0.0903. The van der Waals surface area contributed by atoms with Gasteiger partial charge in [0.15, 0.2) is 11.2 Å². The van der Waals surface area contributed by atoms with Crippen LogP contribution in [0.4, 0.5) is 0 Å². The average molecular weight is 406 g/mol. The second-order valence-corrected chi connectivity index (χ2v) is 7.03. The minimum atomic E-state index is -1.29. The van der Waals surface area contributed by atoms with E-state index in [0.717, 1.165) is 0 Å². The van der Waals surface area contributed by atoms with E-state index in [-0.39, 0.29) is 45.5 Å². The van der Waals surface area contributed by atoms with Gasteiger partial charge in [0.1, 0.15) is 22.9 Å². The van der Waals surface area contributed by atoms with Crippen molar-refractivity contribution in [2.75, 3.05) is 0 Å². The predicted octanol–water partition coefficient (Wildman–Crippen LogP) is 3.31. The maximum absolute atomic E-state index is 12.9. The normalized spacial score (nSPS) is 14.8. The zero-order valence-electron chi connectivity index (χ0n) is 15.8. The van der Waals surface area contributed by atoms with Crippen LogP contribution in [0.1, 0.15) is 34.1 Å². The number of hydrogen-bond donors (Lipinski definition) is 1. The number of hydrogen-bond acceptors (Lipinski definition) is 8. The molecule has 1 unspecified atom stereocenters. The van der Waals surface area contributed by atoms with Crippen molar-refractivity contribution in [3.8, 4) is 17.4 Å². The molecule has 1 N–H and O–H groups in total. The molecule has 4 heterocycles. The fourth-order valence-electron chi connectivity index (χ4n) is 3.82. The Hall–Kier alpha value is -4.07. The topological polar surface area (TPSA) is 120 Å². The van der Waals surface area contributed by atoms with E-state index in [1.54, 1.807) is 31.2 Å². The van der Waals surface area contributed by atoms with E-state index in [0.29, 0.717) is 5.39 Å². The number of rotatable bonds is 1. The summed E-state index contributed by atoms with van der Waals surface area (Å²) in [7, 11) is 0. The maximum atomic E-state index is 12.9. The molecule has 0 saturated heterocycles. The molecule has 5 rings (SSSR count). The van der Waals surface area contributed by atoms with Crippen LogP contribution < -0.4 is 21.4 Å². The summed E-state index contributed by atoms with van der Waals surface area (Å²) in [6, 6.07) is 9.14. The molecule has 1 aromatic carbocycles. The lowest BCUT2D eigenvalue weighted by Gasteiger charge is -2.26. The van der Waals surface area contributed by atoms with Gasteiger partial charge >= 0.3 is 11.3 Å². The van der Waals surface area contributed by atoms with Gasteiger partial charge in [0, 0.05) is 12.1 Å². The van der Waals surface area contributed by atoms with E-state index >= 15 is 0 Å². The summed E-state index contributed by atoms with van der Waals surface area (Å²) in [6.07, 6.45) is 0. The average Bonchev–Trinajstić information content (AvgIpc) is 2.66. The van der Waals surface area contributed by atoms with Crippen LogP contribution in [-0.2, 0) is 0 Å². The number of benzene rings is 1. The highest BCUT2D eigenvalue weighted by atomic mass is 16.6. The monoisotopic (exact) mass is 406 g/mol. The molecule has 1 aliphatic rings. The third-order valence-electron chi connectivity index (χ3n) is 5.02. The predicted molar refractivity (Wildman–Crippen MR) is 105 cm³/mol. The Labute approximate surface area is 167 Å². The van der Waals surface area contributed by atoms with Gasteiger partial charge in [-0.1, -0.05) is 12.1 Å². The fraction of sp³-hybridized carbons (Fsp3) is 0.136. The Morgan fingerprint density at radius 2 is 1.53 bits per heavy atom. The quantitative estimate of drug-likeness (QED) is 0.421. The standard InChI is InChI=1S/C22H14O8/c1-9-7-12(23)15(20(25)27-9)17-16-13(24)8-10(2)28-22(16)30-19-11-5-3-4-6-14(11)29-21(26)18(17)19/h3-8,17,23H,1-2H3. The van der Waals surface area contributed by atoms with E-state index < -0.39 is 28.3 Å². The number of fused-ring (bicyclic) bond motifs is 4. The van der Waals surface area contributed by atoms with Crippen LogP contribution in [0.15, 0.2) is 64.0 Å². The lowest BCUT2D eigenvalue weighted by atomic mass is 9.84.